The van der Waals surface area contributed by atoms with Gasteiger partial charge in [0.25, 0.3) is 5.91 Å². The van der Waals surface area contributed by atoms with Crippen LogP contribution < -0.4 is 15.7 Å². The number of carbonyl (C=O) groups is 1. The lowest BCUT2D eigenvalue weighted by molar-refractivity contribution is -0.127. The molecule has 1 amide bonds. The van der Waals surface area contributed by atoms with Crippen molar-refractivity contribution in [3.8, 4) is 5.75 Å². The molecule has 2 rings (SSSR count). The van der Waals surface area contributed by atoms with Crippen molar-refractivity contribution in [2.75, 3.05) is 27.2 Å². The number of fused-ring (bicyclic) bond motifs is 1. The van der Waals surface area contributed by atoms with Gasteiger partial charge in [-0.1, -0.05) is 0 Å². The first-order valence-corrected chi connectivity index (χ1v) is 8.42. The predicted molar refractivity (Wildman–Crippen MR) is 98.2 cm³/mol. The van der Waals surface area contributed by atoms with Gasteiger partial charge < -0.3 is 19.4 Å². The first kappa shape index (κ1) is 19.0. The molecule has 0 spiro atoms. The summed E-state index contributed by atoms with van der Waals surface area (Å²) in [5.74, 6) is 0.376. The van der Waals surface area contributed by atoms with E-state index >= 15 is 0 Å². The van der Waals surface area contributed by atoms with Gasteiger partial charge in [0.05, 0.1) is 0 Å². The van der Waals surface area contributed by atoms with Crippen molar-refractivity contribution in [3.63, 3.8) is 0 Å². The molecule has 0 bridgehead atoms. The van der Waals surface area contributed by atoms with Gasteiger partial charge in [-0.2, -0.15) is 0 Å². The first-order valence-electron chi connectivity index (χ1n) is 8.42. The van der Waals surface area contributed by atoms with Crippen LogP contribution in [0, 0.1) is 13.8 Å². The van der Waals surface area contributed by atoms with E-state index in [1.54, 1.807) is 13.0 Å². The second-order valence-electron chi connectivity index (χ2n) is 6.52. The van der Waals surface area contributed by atoms with Crippen molar-refractivity contribution >= 4 is 16.9 Å². The summed E-state index contributed by atoms with van der Waals surface area (Å²) in [6.45, 7) is 6.91. The quantitative estimate of drug-likeness (QED) is 0.615. The van der Waals surface area contributed by atoms with Crippen LogP contribution >= 0.6 is 0 Å². The van der Waals surface area contributed by atoms with Gasteiger partial charge in [0.2, 0.25) is 0 Å². The second kappa shape index (κ2) is 8.16. The maximum atomic E-state index is 12.2. The molecule has 1 aromatic carbocycles. The number of carbonyl (C=O) groups excluding carboxylic acids is 1. The molecule has 0 saturated carbocycles. The van der Waals surface area contributed by atoms with Gasteiger partial charge in [-0.3, -0.25) is 4.79 Å². The number of nitrogens with one attached hydrogen (secondary N) is 1. The lowest BCUT2D eigenvalue weighted by atomic mass is 10.1. The Morgan fingerprint density at radius 2 is 2.04 bits per heavy atom. The van der Waals surface area contributed by atoms with E-state index in [1.165, 1.54) is 6.07 Å². The highest BCUT2D eigenvalue weighted by Gasteiger charge is 2.17. The van der Waals surface area contributed by atoms with E-state index in [4.69, 9.17) is 9.15 Å². The number of amides is 1. The van der Waals surface area contributed by atoms with Crippen LogP contribution in [-0.2, 0) is 4.79 Å². The number of nitrogens with zero attached hydrogens (tertiary/aromatic N) is 1. The minimum atomic E-state index is -0.632. The number of hydrogen-bond acceptors (Lipinski definition) is 5. The van der Waals surface area contributed by atoms with E-state index in [2.05, 4.69) is 10.2 Å². The fourth-order valence-electron chi connectivity index (χ4n) is 2.62. The molecule has 25 heavy (non-hydrogen) atoms. The van der Waals surface area contributed by atoms with Crippen LogP contribution in [0.25, 0.3) is 11.0 Å². The molecule has 1 heterocycles. The molecule has 0 aliphatic carbocycles. The van der Waals surface area contributed by atoms with Crippen molar-refractivity contribution in [2.45, 2.75) is 33.3 Å². The lowest BCUT2D eigenvalue weighted by Gasteiger charge is -2.17. The van der Waals surface area contributed by atoms with Gasteiger partial charge in [0.1, 0.15) is 11.3 Å². The van der Waals surface area contributed by atoms with Crippen LogP contribution in [0.15, 0.2) is 27.4 Å². The third-order valence-corrected chi connectivity index (χ3v) is 4.07. The van der Waals surface area contributed by atoms with Gasteiger partial charge in [0.15, 0.2) is 6.10 Å². The molecule has 0 unspecified atom stereocenters. The fraction of sp³-hybridized carbons (Fsp3) is 0.474. The third-order valence-electron chi connectivity index (χ3n) is 4.07. The average molecular weight is 346 g/mol. The minimum absolute atomic E-state index is 0.163. The molecule has 0 aliphatic heterocycles. The molecule has 136 valence electrons. The summed E-state index contributed by atoms with van der Waals surface area (Å²) in [5.41, 5.74) is 1.68. The van der Waals surface area contributed by atoms with Gasteiger partial charge in [-0.25, -0.2) is 4.79 Å². The minimum Gasteiger partial charge on any atom is -0.480 e. The molecule has 0 radical (unpaired) electrons. The van der Waals surface area contributed by atoms with Gasteiger partial charge >= 0.3 is 5.63 Å². The van der Waals surface area contributed by atoms with Crippen molar-refractivity contribution < 1.29 is 13.9 Å². The maximum Gasteiger partial charge on any atom is 0.336 e. The molecule has 0 aliphatic rings. The normalized spacial score (nSPS) is 12.4. The highest BCUT2D eigenvalue weighted by molar-refractivity contribution is 5.85. The number of rotatable bonds is 7. The van der Waals surface area contributed by atoms with Crippen LogP contribution in [-0.4, -0.2) is 44.1 Å². The van der Waals surface area contributed by atoms with E-state index < -0.39 is 11.7 Å². The van der Waals surface area contributed by atoms with E-state index in [9.17, 15) is 9.59 Å². The largest absolute Gasteiger partial charge is 0.480 e. The zero-order chi connectivity index (χ0) is 18.6. The van der Waals surface area contributed by atoms with Crippen LogP contribution in [0.3, 0.4) is 0 Å². The van der Waals surface area contributed by atoms with Crippen LogP contribution in [0.5, 0.6) is 5.75 Å². The molecular weight excluding hydrogens is 320 g/mol. The Hall–Kier alpha value is -2.34. The molecule has 6 heteroatoms. The predicted octanol–water partition coefficient (Wildman–Crippen LogP) is 2.25. The summed E-state index contributed by atoms with van der Waals surface area (Å²) >= 11 is 0. The number of ether oxygens (including phenoxy) is 1. The Kier molecular flexibility index (Phi) is 6.20. The first-order chi connectivity index (χ1) is 11.8. The smallest absolute Gasteiger partial charge is 0.336 e. The molecule has 1 aromatic heterocycles. The zero-order valence-corrected chi connectivity index (χ0v) is 15.5. The summed E-state index contributed by atoms with van der Waals surface area (Å²) in [4.78, 5) is 25.8. The Balaban J connectivity index is 2.08. The average Bonchev–Trinajstić information content (AvgIpc) is 2.54. The summed E-state index contributed by atoms with van der Waals surface area (Å²) < 4.78 is 11.1. The number of hydrogen-bond donors (Lipinski definition) is 1. The molecule has 0 fully saturated rings. The van der Waals surface area contributed by atoms with Crippen LogP contribution in [0.2, 0.25) is 0 Å². The molecule has 0 saturated heterocycles. The van der Waals surface area contributed by atoms with Gasteiger partial charge in [-0.15, -0.1) is 0 Å². The molecular formula is C19H26N2O4. The third kappa shape index (κ3) is 4.82. The van der Waals surface area contributed by atoms with Gasteiger partial charge in [-0.05, 0) is 65.5 Å². The Morgan fingerprint density at radius 3 is 2.72 bits per heavy atom. The standard InChI is InChI=1S/C19H26N2O4/c1-12-11-17(22)25-18-13(2)16(8-7-15(12)18)24-14(3)19(23)20-9-6-10-21(4)5/h7-8,11,14H,6,9-10H2,1-5H3,(H,20,23)/t14-/m1/s1. The topological polar surface area (TPSA) is 71.8 Å². The maximum absolute atomic E-state index is 12.2. The molecule has 1 N–H and O–H groups in total. The van der Waals surface area contributed by atoms with Crippen LogP contribution in [0.1, 0.15) is 24.5 Å². The fourth-order valence-corrected chi connectivity index (χ4v) is 2.62. The van der Waals surface area contributed by atoms with Gasteiger partial charge in [0, 0.05) is 23.6 Å². The molecule has 6 nitrogen and oxygen atoms in total. The van der Waals surface area contributed by atoms with Crippen LogP contribution in [0.4, 0.5) is 0 Å². The van der Waals surface area contributed by atoms with Crippen molar-refractivity contribution in [3.05, 3.63) is 39.7 Å². The van der Waals surface area contributed by atoms with E-state index in [1.807, 2.05) is 34.0 Å². The second-order valence-corrected chi connectivity index (χ2v) is 6.52. The number of aryl methyl sites for hydroxylation is 2. The Morgan fingerprint density at radius 1 is 1.32 bits per heavy atom. The van der Waals surface area contributed by atoms with E-state index in [0.29, 0.717) is 23.4 Å². The van der Waals surface area contributed by atoms with Crippen molar-refractivity contribution in [1.29, 1.82) is 0 Å². The van der Waals surface area contributed by atoms with Crippen molar-refractivity contribution in [2.24, 2.45) is 0 Å². The van der Waals surface area contributed by atoms with Crippen molar-refractivity contribution in [1.82, 2.24) is 10.2 Å². The molecule has 2 aromatic rings. The zero-order valence-electron chi connectivity index (χ0n) is 15.5. The Bertz CT molecular complexity index is 811. The summed E-state index contributed by atoms with van der Waals surface area (Å²) in [6.07, 6.45) is 0.247. The monoisotopic (exact) mass is 346 g/mol. The SMILES string of the molecule is Cc1cc(=O)oc2c(C)c(O[C@H](C)C(=O)NCCCN(C)C)ccc12. The number of benzene rings is 1. The highest BCUT2D eigenvalue weighted by atomic mass is 16.5. The van der Waals surface area contributed by atoms with E-state index in [0.717, 1.165) is 23.9 Å². The lowest BCUT2D eigenvalue weighted by Crippen LogP contribution is -2.37. The summed E-state index contributed by atoms with van der Waals surface area (Å²) in [7, 11) is 3.99. The Labute approximate surface area is 147 Å². The molecule has 1 atom stereocenters. The summed E-state index contributed by atoms with van der Waals surface area (Å²) in [6, 6.07) is 5.12. The highest BCUT2D eigenvalue weighted by Crippen LogP contribution is 2.28. The summed E-state index contributed by atoms with van der Waals surface area (Å²) in [5, 5.41) is 3.73. The van der Waals surface area contributed by atoms with E-state index in [-0.39, 0.29) is 5.91 Å².